The van der Waals surface area contributed by atoms with Crippen LogP contribution in [0.1, 0.15) is 44.6 Å². The third kappa shape index (κ3) is 5.41. The average Bonchev–Trinajstić information content (AvgIpc) is 2.42. The van der Waals surface area contributed by atoms with E-state index in [1.54, 1.807) is 7.11 Å². The quantitative estimate of drug-likeness (QED) is 0.683. The van der Waals surface area contributed by atoms with E-state index >= 15 is 0 Å². The van der Waals surface area contributed by atoms with E-state index in [-0.39, 0.29) is 0 Å². The van der Waals surface area contributed by atoms with Gasteiger partial charge in [-0.15, -0.1) is 0 Å². The summed E-state index contributed by atoms with van der Waals surface area (Å²) in [6.07, 6.45) is 6.23. The number of rotatable bonds is 9. The van der Waals surface area contributed by atoms with E-state index in [4.69, 9.17) is 15.2 Å². The molecule has 0 aliphatic heterocycles. The normalized spacial score (nSPS) is 10.4. The van der Waals surface area contributed by atoms with E-state index in [1.165, 1.54) is 25.7 Å². The molecule has 1 aromatic rings. The van der Waals surface area contributed by atoms with Gasteiger partial charge in [-0.2, -0.15) is 0 Å². The van der Waals surface area contributed by atoms with Crippen LogP contribution in [0.25, 0.3) is 0 Å². The van der Waals surface area contributed by atoms with Gasteiger partial charge in [0.2, 0.25) is 0 Å². The summed E-state index contributed by atoms with van der Waals surface area (Å²) in [4.78, 5) is 0. The van der Waals surface area contributed by atoms with Crippen molar-refractivity contribution in [3.05, 3.63) is 23.8 Å². The average molecular weight is 251 g/mol. The van der Waals surface area contributed by atoms with Crippen molar-refractivity contribution in [3.63, 3.8) is 0 Å². The van der Waals surface area contributed by atoms with Crippen LogP contribution in [-0.2, 0) is 6.54 Å². The topological polar surface area (TPSA) is 44.5 Å². The van der Waals surface area contributed by atoms with Gasteiger partial charge in [-0.3, -0.25) is 0 Å². The third-order valence-electron chi connectivity index (χ3n) is 2.93. The Bertz CT molecular complexity index is 317. The van der Waals surface area contributed by atoms with Gasteiger partial charge in [-0.05, 0) is 24.1 Å². The number of ether oxygens (including phenoxy) is 2. The zero-order chi connectivity index (χ0) is 13.2. The second-order valence-corrected chi connectivity index (χ2v) is 4.48. The molecule has 0 radical (unpaired) electrons. The van der Waals surface area contributed by atoms with Crippen molar-refractivity contribution in [3.8, 4) is 11.5 Å². The molecule has 0 amide bonds. The van der Waals surface area contributed by atoms with E-state index in [0.717, 1.165) is 30.1 Å². The van der Waals surface area contributed by atoms with E-state index in [1.807, 2.05) is 18.2 Å². The van der Waals surface area contributed by atoms with Crippen LogP contribution < -0.4 is 15.2 Å². The molecule has 102 valence electrons. The van der Waals surface area contributed by atoms with Gasteiger partial charge in [-0.25, -0.2) is 0 Å². The van der Waals surface area contributed by atoms with Gasteiger partial charge >= 0.3 is 0 Å². The van der Waals surface area contributed by atoms with Crippen LogP contribution in [0, 0.1) is 0 Å². The molecule has 1 aromatic carbocycles. The molecular weight excluding hydrogens is 226 g/mol. The first-order valence-electron chi connectivity index (χ1n) is 6.81. The van der Waals surface area contributed by atoms with Gasteiger partial charge in [0.05, 0.1) is 13.7 Å². The molecule has 0 aromatic heterocycles. The zero-order valence-electron chi connectivity index (χ0n) is 11.6. The van der Waals surface area contributed by atoms with E-state index < -0.39 is 0 Å². The Kier molecular flexibility index (Phi) is 7.26. The van der Waals surface area contributed by atoms with Crippen molar-refractivity contribution < 1.29 is 9.47 Å². The predicted octanol–water partition coefficient (Wildman–Crippen LogP) is 3.50. The molecule has 0 atom stereocenters. The molecule has 1 rings (SSSR count). The molecule has 0 spiro atoms. The Hall–Kier alpha value is -1.22. The number of hydrogen-bond donors (Lipinski definition) is 1. The first-order valence-corrected chi connectivity index (χ1v) is 6.81. The molecule has 0 unspecified atom stereocenters. The molecule has 0 aliphatic carbocycles. The SMILES string of the molecule is CCCCCCCOc1cc(CN)cc(OC)c1. The van der Waals surface area contributed by atoms with Crippen LogP contribution in [-0.4, -0.2) is 13.7 Å². The third-order valence-corrected chi connectivity index (χ3v) is 2.93. The Morgan fingerprint density at radius 3 is 2.39 bits per heavy atom. The summed E-state index contributed by atoms with van der Waals surface area (Å²) in [6, 6.07) is 5.83. The monoisotopic (exact) mass is 251 g/mol. The van der Waals surface area contributed by atoms with Gasteiger partial charge in [0, 0.05) is 12.6 Å². The molecule has 0 fully saturated rings. The van der Waals surface area contributed by atoms with Gasteiger partial charge in [0.1, 0.15) is 11.5 Å². The van der Waals surface area contributed by atoms with E-state index in [9.17, 15) is 0 Å². The van der Waals surface area contributed by atoms with Crippen molar-refractivity contribution in [1.29, 1.82) is 0 Å². The van der Waals surface area contributed by atoms with Crippen LogP contribution in [0.5, 0.6) is 11.5 Å². The maximum Gasteiger partial charge on any atom is 0.123 e. The minimum atomic E-state index is 0.504. The standard InChI is InChI=1S/C15H25NO2/c1-3-4-5-6-7-8-18-15-10-13(12-16)9-14(11-15)17-2/h9-11H,3-8,12,16H2,1-2H3. The number of methoxy groups -OCH3 is 1. The lowest BCUT2D eigenvalue weighted by Crippen LogP contribution is -2.01. The molecule has 18 heavy (non-hydrogen) atoms. The molecule has 0 saturated heterocycles. The zero-order valence-corrected chi connectivity index (χ0v) is 11.6. The lowest BCUT2D eigenvalue weighted by molar-refractivity contribution is 0.302. The summed E-state index contributed by atoms with van der Waals surface area (Å²) in [7, 11) is 1.66. The van der Waals surface area contributed by atoms with Crippen LogP contribution in [0.3, 0.4) is 0 Å². The predicted molar refractivity (Wildman–Crippen MR) is 75.1 cm³/mol. The minimum absolute atomic E-state index is 0.504. The van der Waals surface area contributed by atoms with E-state index in [0.29, 0.717) is 6.54 Å². The highest BCUT2D eigenvalue weighted by Gasteiger charge is 2.01. The molecule has 3 heteroatoms. The second kappa shape index (κ2) is 8.81. The summed E-state index contributed by atoms with van der Waals surface area (Å²) < 4.78 is 11.0. The molecule has 0 heterocycles. The Balaban J connectivity index is 2.36. The van der Waals surface area contributed by atoms with Crippen molar-refractivity contribution in [2.24, 2.45) is 5.73 Å². The lowest BCUT2D eigenvalue weighted by atomic mass is 10.1. The van der Waals surface area contributed by atoms with Crippen LogP contribution in [0.15, 0.2) is 18.2 Å². The summed E-state index contributed by atoms with van der Waals surface area (Å²) in [5.74, 6) is 1.66. The molecular formula is C15H25NO2. The first-order chi connectivity index (χ1) is 8.80. The number of unbranched alkanes of at least 4 members (excludes halogenated alkanes) is 4. The molecule has 0 aliphatic rings. The Morgan fingerprint density at radius 1 is 1.00 bits per heavy atom. The molecule has 0 saturated carbocycles. The summed E-state index contributed by atoms with van der Waals surface area (Å²) >= 11 is 0. The maximum absolute atomic E-state index is 5.74. The van der Waals surface area contributed by atoms with Gasteiger partial charge in [0.15, 0.2) is 0 Å². The number of nitrogens with two attached hydrogens (primary N) is 1. The largest absolute Gasteiger partial charge is 0.497 e. The molecule has 3 nitrogen and oxygen atoms in total. The molecule has 0 bridgehead atoms. The lowest BCUT2D eigenvalue weighted by Gasteiger charge is -2.10. The summed E-state index contributed by atoms with van der Waals surface area (Å²) in [6.45, 7) is 3.49. The maximum atomic E-state index is 5.74. The Morgan fingerprint density at radius 2 is 1.72 bits per heavy atom. The number of hydrogen-bond acceptors (Lipinski definition) is 3. The van der Waals surface area contributed by atoms with Gasteiger partial charge in [0.25, 0.3) is 0 Å². The fraction of sp³-hybridized carbons (Fsp3) is 0.600. The Labute approximate surface area is 110 Å². The fourth-order valence-corrected chi connectivity index (χ4v) is 1.85. The van der Waals surface area contributed by atoms with E-state index in [2.05, 4.69) is 6.92 Å². The van der Waals surface area contributed by atoms with Crippen molar-refractivity contribution in [2.75, 3.05) is 13.7 Å². The highest BCUT2D eigenvalue weighted by atomic mass is 16.5. The van der Waals surface area contributed by atoms with Gasteiger partial charge in [-0.1, -0.05) is 32.6 Å². The highest BCUT2D eigenvalue weighted by molar-refractivity contribution is 5.38. The highest BCUT2D eigenvalue weighted by Crippen LogP contribution is 2.22. The van der Waals surface area contributed by atoms with Crippen molar-refractivity contribution in [2.45, 2.75) is 45.6 Å². The van der Waals surface area contributed by atoms with Crippen molar-refractivity contribution in [1.82, 2.24) is 0 Å². The molecule has 2 N–H and O–H groups in total. The summed E-state index contributed by atoms with van der Waals surface area (Å²) in [5.41, 5.74) is 6.68. The van der Waals surface area contributed by atoms with Crippen LogP contribution in [0.4, 0.5) is 0 Å². The summed E-state index contributed by atoms with van der Waals surface area (Å²) in [5, 5.41) is 0. The number of benzene rings is 1. The van der Waals surface area contributed by atoms with Crippen LogP contribution >= 0.6 is 0 Å². The first kappa shape index (κ1) is 14.8. The van der Waals surface area contributed by atoms with Crippen LogP contribution in [0.2, 0.25) is 0 Å². The fourth-order valence-electron chi connectivity index (χ4n) is 1.85. The smallest absolute Gasteiger partial charge is 0.123 e. The van der Waals surface area contributed by atoms with Gasteiger partial charge < -0.3 is 15.2 Å². The second-order valence-electron chi connectivity index (χ2n) is 4.48. The minimum Gasteiger partial charge on any atom is -0.497 e. The van der Waals surface area contributed by atoms with Crippen molar-refractivity contribution >= 4 is 0 Å².